The summed E-state index contributed by atoms with van der Waals surface area (Å²) >= 11 is 0. The van der Waals surface area contributed by atoms with Gasteiger partial charge in [0, 0.05) is 23.7 Å². The Morgan fingerprint density at radius 2 is 2.08 bits per heavy atom. The molecular formula is C19H20N4O3. The van der Waals surface area contributed by atoms with Gasteiger partial charge in [-0.15, -0.1) is 0 Å². The highest BCUT2D eigenvalue weighted by Gasteiger charge is 2.36. The fourth-order valence-electron chi connectivity index (χ4n) is 3.83. The summed E-state index contributed by atoms with van der Waals surface area (Å²) in [6.45, 7) is 2.12. The van der Waals surface area contributed by atoms with Gasteiger partial charge in [0.2, 0.25) is 0 Å². The Morgan fingerprint density at radius 1 is 1.27 bits per heavy atom. The van der Waals surface area contributed by atoms with Crippen LogP contribution in [0.5, 0.6) is 0 Å². The standard InChI is InChI=1S/C19H20N4O3/c1-11-15(19(25)23-18(22-11)17-20-5-2-6-21-17)9-16(24)26-10-14-8-12-3-4-13(14)7-12/h2-6,12-14H,7-10H2,1H3,(H,22,23,25)/t12-,13+,14+/m1/s1. The molecule has 26 heavy (non-hydrogen) atoms. The summed E-state index contributed by atoms with van der Waals surface area (Å²) in [5.41, 5.74) is 0.443. The third-order valence-electron chi connectivity index (χ3n) is 5.20. The van der Waals surface area contributed by atoms with Crippen LogP contribution in [0.15, 0.2) is 35.4 Å². The maximum absolute atomic E-state index is 12.4. The minimum Gasteiger partial charge on any atom is -0.465 e. The molecular weight excluding hydrogens is 332 g/mol. The number of nitrogens with one attached hydrogen (secondary N) is 1. The van der Waals surface area contributed by atoms with E-state index in [1.54, 1.807) is 25.4 Å². The molecule has 2 aliphatic carbocycles. The number of esters is 1. The van der Waals surface area contributed by atoms with Gasteiger partial charge in [0.1, 0.15) is 0 Å². The number of allylic oxidation sites excluding steroid dienone is 2. The second-order valence-electron chi connectivity index (χ2n) is 6.95. The van der Waals surface area contributed by atoms with E-state index in [1.165, 1.54) is 6.42 Å². The van der Waals surface area contributed by atoms with Crippen LogP contribution >= 0.6 is 0 Å². The molecule has 0 saturated heterocycles. The fraction of sp³-hybridized carbons (Fsp3) is 0.421. The normalized spacial score (nSPS) is 23.3. The Kier molecular flexibility index (Phi) is 4.36. The van der Waals surface area contributed by atoms with E-state index in [0.717, 1.165) is 6.42 Å². The number of carbonyl (C=O) groups excluding carboxylic acids is 1. The van der Waals surface area contributed by atoms with Crippen molar-refractivity contribution in [3.63, 3.8) is 0 Å². The minimum atomic E-state index is -0.393. The first-order valence-corrected chi connectivity index (χ1v) is 8.81. The molecule has 2 heterocycles. The van der Waals surface area contributed by atoms with Crippen molar-refractivity contribution in [1.82, 2.24) is 19.9 Å². The van der Waals surface area contributed by atoms with Crippen molar-refractivity contribution >= 4 is 5.97 Å². The van der Waals surface area contributed by atoms with Gasteiger partial charge in [0.25, 0.3) is 5.56 Å². The molecule has 0 amide bonds. The predicted molar refractivity (Wildman–Crippen MR) is 94.1 cm³/mol. The number of nitrogens with zero attached hydrogens (tertiary/aromatic N) is 3. The molecule has 0 spiro atoms. The van der Waals surface area contributed by atoms with Crippen molar-refractivity contribution < 1.29 is 9.53 Å². The summed E-state index contributed by atoms with van der Waals surface area (Å²) in [6, 6.07) is 1.69. The first-order valence-electron chi connectivity index (χ1n) is 8.81. The molecule has 0 radical (unpaired) electrons. The summed E-state index contributed by atoms with van der Waals surface area (Å²) in [5, 5.41) is 0. The van der Waals surface area contributed by atoms with Crippen LogP contribution < -0.4 is 5.56 Å². The SMILES string of the molecule is Cc1nc(-c2ncccn2)[nH]c(=O)c1CC(=O)OC[C@@H]1C[C@@H]2C=C[C@H]1C2. The molecule has 0 aliphatic heterocycles. The molecule has 2 aromatic heterocycles. The summed E-state index contributed by atoms with van der Waals surface area (Å²) in [6.07, 6.45) is 9.82. The molecule has 7 heteroatoms. The predicted octanol–water partition coefficient (Wildman–Crippen LogP) is 1.83. The first kappa shape index (κ1) is 16.6. The number of fused-ring (bicyclic) bond motifs is 2. The number of aromatic nitrogens is 4. The lowest BCUT2D eigenvalue weighted by molar-refractivity contribution is -0.144. The largest absolute Gasteiger partial charge is 0.465 e. The molecule has 0 aromatic carbocycles. The van der Waals surface area contributed by atoms with Gasteiger partial charge in [-0.05, 0) is 43.6 Å². The Morgan fingerprint density at radius 3 is 2.73 bits per heavy atom. The van der Waals surface area contributed by atoms with Gasteiger partial charge < -0.3 is 9.72 Å². The highest BCUT2D eigenvalue weighted by Crippen LogP contribution is 2.43. The molecule has 7 nitrogen and oxygen atoms in total. The highest BCUT2D eigenvalue weighted by molar-refractivity contribution is 5.72. The Hall–Kier alpha value is -2.83. The number of aromatic amines is 1. The van der Waals surface area contributed by atoms with E-state index >= 15 is 0 Å². The van der Waals surface area contributed by atoms with Crippen molar-refractivity contribution in [3.8, 4) is 11.6 Å². The molecule has 1 saturated carbocycles. The highest BCUT2D eigenvalue weighted by atomic mass is 16.5. The summed E-state index contributed by atoms with van der Waals surface area (Å²) in [5.74, 6) is 1.82. The van der Waals surface area contributed by atoms with Gasteiger partial charge in [0.15, 0.2) is 11.6 Å². The lowest BCUT2D eigenvalue weighted by Gasteiger charge is -2.17. The second kappa shape index (κ2) is 6.82. The number of H-pyrrole nitrogens is 1. The molecule has 3 atom stereocenters. The van der Waals surface area contributed by atoms with Crippen LogP contribution in [0.2, 0.25) is 0 Å². The number of hydrogen-bond acceptors (Lipinski definition) is 6. The summed E-state index contributed by atoms with van der Waals surface area (Å²) in [4.78, 5) is 39.7. The molecule has 2 bridgehead atoms. The van der Waals surface area contributed by atoms with Crippen LogP contribution in [-0.4, -0.2) is 32.5 Å². The third-order valence-corrected chi connectivity index (χ3v) is 5.20. The average Bonchev–Trinajstić information content (AvgIpc) is 3.27. The van der Waals surface area contributed by atoms with Crippen LogP contribution in [0, 0.1) is 24.7 Å². The number of ether oxygens (including phenoxy) is 1. The number of rotatable bonds is 5. The first-order chi connectivity index (χ1) is 12.6. The van der Waals surface area contributed by atoms with Gasteiger partial charge in [-0.2, -0.15) is 0 Å². The molecule has 1 fully saturated rings. The van der Waals surface area contributed by atoms with Crippen molar-refractivity contribution in [1.29, 1.82) is 0 Å². The number of hydrogen-bond donors (Lipinski definition) is 1. The zero-order valence-corrected chi connectivity index (χ0v) is 14.5. The van der Waals surface area contributed by atoms with Crippen LogP contribution in [-0.2, 0) is 16.0 Å². The van der Waals surface area contributed by atoms with Gasteiger partial charge in [-0.25, -0.2) is 15.0 Å². The van der Waals surface area contributed by atoms with E-state index in [9.17, 15) is 9.59 Å². The van der Waals surface area contributed by atoms with Crippen molar-refractivity contribution in [2.24, 2.45) is 17.8 Å². The van der Waals surface area contributed by atoms with Crippen molar-refractivity contribution in [2.45, 2.75) is 26.2 Å². The molecule has 4 rings (SSSR count). The van der Waals surface area contributed by atoms with E-state index in [4.69, 9.17) is 4.74 Å². The minimum absolute atomic E-state index is 0.0826. The lowest BCUT2D eigenvalue weighted by Crippen LogP contribution is -2.24. The second-order valence-corrected chi connectivity index (χ2v) is 6.95. The Labute approximate surface area is 150 Å². The third kappa shape index (κ3) is 3.29. The summed E-state index contributed by atoms with van der Waals surface area (Å²) in [7, 11) is 0. The molecule has 1 N–H and O–H groups in total. The van der Waals surface area contributed by atoms with Gasteiger partial charge in [-0.3, -0.25) is 9.59 Å². The van der Waals surface area contributed by atoms with Gasteiger partial charge in [0.05, 0.1) is 13.0 Å². The Bertz CT molecular complexity index is 907. The summed E-state index contributed by atoms with van der Waals surface area (Å²) < 4.78 is 5.43. The van der Waals surface area contributed by atoms with Crippen LogP contribution in [0.1, 0.15) is 24.1 Å². The van der Waals surface area contributed by atoms with Crippen LogP contribution in [0.25, 0.3) is 11.6 Å². The molecule has 2 aliphatic rings. The number of carbonyl (C=O) groups is 1. The lowest BCUT2D eigenvalue weighted by atomic mass is 9.95. The van der Waals surface area contributed by atoms with E-state index < -0.39 is 5.97 Å². The van der Waals surface area contributed by atoms with Crippen molar-refractivity contribution in [3.05, 3.63) is 52.2 Å². The maximum atomic E-state index is 12.4. The van der Waals surface area contributed by atoms with E-state index in [2.05, 4.69) is 32.1 Å². The zero-order valence-electron chi connectivity index (χ0n) is 14.5. The van der Waals surface area contributed by atoms with E-state index in [0.29, 0.717) is 47.3 Å². The zero-order chi connectivity index (χ0) is 18.1. The molecule has 134 valence electrons. The maximum Gasteiger partial charge on any atom is 0.310 e. The average molecular weight is 352 g/mol. The smallest absolute Gasteiger partial charge is 0.310 e. The topological polar surface area (TPSA) is 97.8 Å². The fourth-order valence-corrected chi connectivity index (χ4v) is 3.83. The van der Waals surface area contributed by atoms with Crippen LogP contribution in [0.4, 0.5) is 0 Å². The Balaban J connectivity index is 1.42. The number of aryl methyl sites for hydroxylation is 1. The van der Waals surface area contributed by atoms with E-state index in [-0.39, 0.29) is 12.0 Å². The molecule has 0 unspecified atom stereocenters. The van der Waals surface area contributed by atoms with E-state index in [1.807, 2.05) is 0 Å². The van der Waals surface area contributed by atoms with Crippen LogP contribution in [0.3, 0.4) is 0 Å². The van der Waals surface area contributed by atoms with Gasteiger partial charge >= 0.3 is 5.97 Å². The quantitative estimate of drug-likeness (QED) is 0.651. The monoisotopic (exact) mass is 352 g/mol. The van der Waals surface area contributed by atoms with Gasteiger partial charge in [-0.1, -0.05) is 12.2 Å². The van der Waals surface area contributed by atoms with Crippen molar-refractivity contribution in [2.75, 3.05) is 6.61 Å². The molecule has 2 aromatic rings.